The van der Waals surface area contributed by atoms with Crippen molar-refractivity contribution in [2.45, 2.75) is 37.9 Å². The van der Waals surface area contributed by atoms with E-state index in [2.05, 4.69) is 15.3 Å². The Morgan fingerprint density at radius 2 is 1.61 bits per heavy atom. The Bertz CT molecular complexity index is 1370. The Kier molecular flexibility index (Phi) is 6.68. The summed E-state index contributed by atoms with van der Waals surface area (Å²) in [5.41, 5.74) is -0.488. The normalized spacial score (nSPS) is 17.1. The topological polar surface area (TPSA) is 104 Å². The second kappa shape index (κ2) is 9.96. The standard InChI is InChI=1S/C27H25F3N4O4/c28-27(29,30)18-3-7-21(8-4-18)38-20-5-1-17(2-6-20)24(36)33-19-9-11-26(12-10-19)14-34(15-26)25(37)22-13-23(35)32-16-31-22/h1-8,13,16,19H,9-12,14-15H2,(H,33,36)(H,31,32,35). The summed E-state index contributed by atoms with van der Waals surface area (Å²) >= 11 is 0. The summed E-state index contributed by atoms with van der Waals surface area (Å²) in [6, 6.07) is 12.0. The largest absolute Gasteiger partial charge is 0.457 e. The van der Waals surface area contributed by atoms with Gasteiger partial charge in [-0.15, -0.1) is 0 Å². The number of halogens is 3. The van der Waals surface area contributed by atoms with E-state index >= 15 is 0 Å². The number of carbonyl (C=O) groups excluding carboxylic acids is 2. The molecule has 8 nitrogen and oxygen atoms in total. The number of hydrogen-bond donors (Lipinski definition) is 2. The van der Waals surface area contributed by atoms with Crippen molar-refractivity contribution < 1.29 is 27.5 Å². The molecule has 2 amide bonds. The number of benzene rings is 2. The highest BCUT2D eigenvalue weighted by Gasteiger charge is 2.47. The minimum Gasteiger partial charge on any atom is -0.457 e. The summed E-state index contributed by atoms with van der Waals surface area (Å²) in [5.74, 6) is 0.206. The van der Waals surface area contributed by atoms with Gasteiger partial charge in [0.2, 0.25) is 0 Å². The SMILES string of the molecule is O=C(NC1CCC2(CC1)CN(C(=O)c1cc(=O)[nH]cn1)C2)c1ccc(Oc2ccc(C(F)(F)F)cc2)cc1. The molecule has 0 bridgehead atoms. The molecule has 38 heavy (non-hydrogen) atoms. The summed E-state index contributed by atoms with van der Waals surface area (Å²) in [6.07, 6.45) is 0.165. The maximum atomic E-state index is 12.7. The Hall–Kier alpha value is -4.15. The quantitative estimate of drug-likeness (QED) is 0.513. The van der Waals surface area contributed by atoms with Crippen molar-refractivity contribution in [1.82, 2.24) is 20.2 Å². The molecule has 0 atom stereocenters. The predicted octanol–water partition coefficient (Wildman–Crippen LogP) is 4.40. The third-order valence-electron chi connectivity index (χ3n) is 7.15. The number of amides is 2. The average molecular weight is 527 g/mol. The van der Waals surface area contributed by atoms with Crippen LogP contribution in [-0.2, 0) is 6.18 Å². The fraction of sp³-hybridized carbons (Fsp3) is 0.333. The van der Waals surface area contributed by atoms with E-state index in [0.717, 1.165) is 37.8 Å². The average Bonchev–Trinajstić information content (AvgIpc) is 2.88. The van der Waals surface area contributed by atoms with Crippen molar-refractivity contribution >= 4 is 11.8 Å². The summed E-state index contributed by atoms with van der Waals surface area (Å²) in [4.78, 5) is 44.8. The van der Waals surface area contributed by atoms with Gasteiger partial charge in [-0.1, -0.05) is 0 Å². The number of nitrogens with zero attached hydrogens (tertiary/aromatic N) is 2. The fourth-order valence-corrected chi connectivity index (χ4v) is 5.04. The molecule has 2 fully saturated rings. The van der Waals surface area contributed by atoms with Crippen LogP contribution in [0, 0.1) is 5.41 Å². The third kappa shape index (κ3) is 5.56. The van der Waals surface area contributed by atoms with E-state index < -0.39 is 11.7 Å². The highest BCUT2D eigenvalue weighted by atomic mass is 19.4. The molecule has 2 aromatic carbocycles. The van der Waals surface area contributed by atoms with Gasteiger partial charge in [0.1, 0.15) is 17.2 Å². The van der Waals surface area contributed by atoms with E-state index in [1.807, 2.05) is 0 Å². The van der Waals surface area contributed by atoms with Crippen LogP contribution in [0.3, 0.4) is 0 Å². The molecule has 1 aliphatic carbocycles. The van der Waals surface area contributed by atoms with Crippen LogP contribution in [0.15, 0.2) is 65.7 Å². The zero-order chi connectivity index (χ0) is 26.9. The smallest absolute Gasteiger partial charge is 0.416 e. The van der Waals surface area contributed by atoms with Gasteiger partial charge in [-0.3, -0.25) is 14.4 Å². The van der Waals surface area contributed by atoms with E-state index in [0.29, 0.717) is 24.4 Å². The molecule has 2 heterocycles. The Labute approximate surface area is 215 Å². The van der Waals surface area contributed by atoms with E-state index in [4.69, 9.17) is 4.74 Å². The lowest BCUT2D eigenvalue weighted by atomic mass is 9.67. The number of nitrogens with one attached hydrogen (secondary N) is 2. The van der Waals surface area contributed by atoms with Crippen molar-refractivity contribution in [3.05, 3.63) is 88.1 Å². The third-order valence-corrected chi connectivity index (χ3v) is 7.15. The monoisotopic (exact) mass is 526 g/mol. The molecule has 1 saturated heterocycles. The molecule has 1 aromatic heterocycles. The molecule has 5 rings (SSSR count). The van der Waals surface area contributed by atoms with Crippen LogP contribution >= 0.6 is 0 Å². The van der Waals surface area contributed by atoms with Crippen molar-refractivity contribution in [1.29, 1.82) is 0 Å². The Morgan fingerprint density at radius 3 is 2.18 bits per heavy atom. The van der Waals surface area contributed by atoms with Gasteiger partial charge in [-0.05, 0) is 74.2 Å². The van der Waals surface area contributed by atoms with Crippen molar-refractivity contribution in [3.8, 4) is 11.5 Å². The first-order valence-electron chi connectivity index (χ1n) is 12.2. The minimum atomic E-state index is -4.41. The molecule has 0 unspecified atom stereocenters. The Morgan fingerprint density at radius 1 is 1.00 bits per heavy atom. The summed E-state index contributed by atoms with van der Waals surface area (Å²) < 4.78 is 43.7. The van der Waals surface area contributed by atoms with Gasteiger partial charge in [0.25, 0.3) is 17.4 Å². The molecule has 11 heteroatoms. The zero-order valence-corrected chi connectivity index (χ0v) is 20.3. The van der Waals surface area contributed by atoms with Crippen molar-refractivity contribution in [3.63, 3.8) is 0 Å². The van der Waals surface area contributed by atoms with Crippen molar-refractivity contribution in [2.75, 3.05) is 13.1 Å². The fourth-order valence-electron chi connectivity index (χ4n) is 5.04. The molecule has 2 N–H and O–H groups in total. The lowest BCUT2D eigenvalue weighted by molar-refractivity contribution is -0.137. The predicted molar refractivity (Wildman–Crippen MR) is 131 cm³/mol. The van der Waals surface area contributed by atoms with Gasteiger partial charge < -0.3 is 19.9 Å². The maximum Gasteiger partial charge on any atom is 0.416 e. The molecular weight excluding hydrogens is 501 g/mol. The molecule has 3 aromatic rings. The van der Waals surface area contributed by atoms with Crippen LogP contribution in [0.2, 0.25) is 0 Å². The first kappa shape index (κ1) is 25.5. The molecule has 1 aliphatic heterocycles. The van der Waals surface area contributed by atoms with Crippen LogP contribution in [-0.4, -0.2) is 45.8 Å². The molecular formula is C27H25F3N4O4. The molecule has 1 spiro atoms. The number of aromatic nitrogens is 2. The number of ether oxygens (including phenoxy) is 1. The van der Waals surface area contributed by atoms with Crippen LogP contribution in [0.25, 0.3) is 0 Å². The molecule has 198 valence electrons. The van der Waals surface area contributed by atoms with Gasteiger partial charge in [-0.25, -0.2) is 4.98 Å². The second-order valence-electron chi connectivity index (χ2n) is 9.85. The maximum absolute atomic E-state index is 12.7. The highest BCUT2D eigenvalue weighted by Crippen LogP contribution is 2.44. The van der Waals surface area contributed by atoms with Crippen LogP contribution in [0.4, 0.5) is 13.2 Å². The molecule has 2 aliphatic rings. The van der Waals surface area contributed by atoms with E-state index in [1.165, 1.54) is 24.5 Å². The highest BCUT2D eigenvalue weighted by molar-refractivity contribution is 5.94. The van der Waals surface area contributed by atoms with Gasteiger partial charge >= 0.3 is 6.18 Å². The van der Waals surface area contributed by atoms with Gasteiger partial charge in [0, 0.05) is 36.2 Å². The van der Waals surface area contributed by atoms with Gasteiger partial charge in [-0.2, -0.15) is 13.2 Å². The number of rotatable bonds is 5. The minimum absolute atomic E-state index is 0.0234. The summed E-state index contributed by atoms with van der Waals surface area (Å²) in [5, 5.41) is 3.06. The van der Waals surface area contributed by atoms with Crippen LogP contribution in [0.5, 0.6) is 11.5 Å². The Balaban J connectivity index is 1.09. The lowest BCUT2D eigenvalue weighted by Crippen LogP contribution is -2.60. The summed E-state index contributed by atoms with van der Waals surface area (Å²) in [6.45, 7) is 1.22. The first-order valence-corrected chi connectivity index (χ1v) is 12.2. The van der Waals surface area contributed by atoms with Gasteiger partial charge in [0.05, 0.1) is 11.9 Å². The number of aromatic amines is 1. The van der Waals surface area contributed by atoms with Crippen LogP contribution in [0.1, 0.15) is 52.1 Å². The first-order chi connectivity index (χ1) is 18.1. The number of carbonyl (C=O) groups is 2. The summed E-state index contributed by atoms with van der Waals surface area (Å²) in [7, 11) is 0. The van der Waals surface area contributed by atoms with Crippen LogP contribution < -0.4 is 15.6 Å². The molecule has 0 radical (unpaired) electrons. The van der Waals surface area contributed by atoms with E-state index in [-0.39, 0.29) is 40.3 Å². The second-order valence-corrected chi connectivity index (χ2v) is 9.85. The van der Waals surface area contributed by atoms with Crippen molar-refractivity contribution in [2.24, 2.45) is 5.41 Å². The number of H-pyrrole nitrogens is 1. The van der Waals surface area contributed by atoms with Gasteiger partial charge in [0.15, 0.2) is 0 Å². The van der Waals surface area contributed by atoms with E-state index in [1.54, 1.807) is 29.2 Å². The van der Waals surface area contributed by atoms with E-state index in [9.17, 15) is 27.6 Å². The number of alkyl halides is 3. The number of likely N-dealkylation sites (tertiary alicyclic amines) is 1. The molecule has 1 saturated carbocycles. The lowest BCUT2D eigenvalue weighted by Gasteiger charge is -2.53. The number of hydrogen-bond acceptors (Lipinski definition) is 5. The zero-order valence-electron chi connectivity index (χ0n) is 20.3.